The van der Waals surface area contributed by atoms with Crippen LogP contribution in [0.1, 0.15) is 15.9 Å². The van der Waals surface area contributed by atoms with E-state index in [4.69, 9.17) is 0 Å². The maximum absolute atomic E-state index is 12.2. The molecule has 20 heavy (non-hydrogen) atoms. The summed E-state index contributed by atoms with van der Waals surface area (Å²) < 4.78 is 17.7. The summed E-state index contributed by atoms with van der Waals surface area (Å²) in [5, 5.41) is 0. The van der Waals surface area contributed by atoms with Crippen molar-refractivity contribution in [2.75, 3.05) is 7.11 Å². The van der Waals surface area contributed by atoms with Crippen molar-refractivity contribution in [3.05, 3.63) is 64.1 Å². The van der Waals surface area contributed by atoms with Gasteiger partial charge in [0, 0.05) is 9.37 Å². The molecule has 0 amide bonds. The van der Waals surface area contributed by atoms with E-state index in [1.165, 1.54) is 7.11 Å². The van der Waals surface area contributed by atoms with E-state index in [1.54, 1.807) is 18.2 Å². The van der Waals surface area contributed by atoms with Crippen LogP contribution in [0.3, 0.4) is 0 Å². The molecule has 0 heterocycles. The van der Waals surface area contributed by atoms with Crippen LogP contribution in [0.2, 0.25) is 0 Å². The molecule has 0 saturated heterocycles. The first-order valence-corrected chi connectivity index (χ1v) is 8.03. The minimum absolute atomic E-state index is 0.388. The Balaban J connectivity index is 2.18. The standard InChI is InChI=1S/C15H13BrO3S/c1-19-15(17)11-7-8-12(14(16)9-11)10-20(18)13-5-3-2-4-6-13/h2-9H,10H2,1H3. The molecule has 104 valence electrons. The molecule has 0 aliphatic rings. The summed E-state index contributed by atoms with van der Waals surface area (Å²) >= 11 is 3.40. The fourth-order valence-corrected chi connectivity index (χ4v) is 3.57. The number of benzene rings is 2. The molecule has 2 aromatic carbocycles. The second kappa shape index (κ2) is 6.81. The minimum Gasteiger partial charge on any atom is -0.465 e. The maximum Gasteiger partial charge on any atom is 0.337 e. The molecule has 0 bridgehead atoms. The molecule has 5 heteroatoms. The van der Waals surface area contributed by atoms with Gasteiger partial charge in [-0.05, 0) is 29.8 Å². The highest BCUT2D eigenvalue weighted by Gasteiger charge is 2.11. The first-order valence-electron chi connectivity index (χ1n) is 5.92. The topological polar surface area (TPSA) is 43.4 Å². The Morgan fingerprint density at radius 2 is 1.90 bits per heavy atom. The summed E-state index contributed by atoms with van der Waals surface area (Å²) in [6.07, 6.45) is 0. The minimum atomic E-state index is -1.11. The van der Waals surface area contributed by atoms with Crippen LogP contribution in [0.15, 0.2) is 57.9 Å². The van der Waals surface area contributed by atoms with Crippen molar-refractivity contribution in [3.8, 4) is 0 Å². The zero-order chi connectivity index (χ0) is 14.5. The van der Waals surface area contributed by atoms with Crippen molar-refractivity contribution in [2.45, 2.75) is 10.6 Å². The zero-order valence-corrected chi connectivity index (χ0v) is 13.2. The number of carbonyl (C=O) groups is 1. The van der Waals surface area contributed by atoms with Crippen LogP contribution < -0.4 is 0 Å². The lowest BCUT2D eigenvalue weighted by Crippen LogP contribution is -2.03. The van der Waals surface area contributed by atoms with Gasteiger partial charge in [0.05, 0.1) is 29.2 Å². The third-order valence-electron chi connectivity index (χ3n) is 2.77. The summed E-state index contributed by atoms with van der Waals surface area (Å²) in [7, 11) is 0.232. The molecule has 0 spiro atoms. The van der Waals surface area contributed by atoms with Gasteiger partial charge in [0.2, 0.25) is 0 Å². The Labute approximate surface area is 128 Å². The van der Waals surface area contributed by atoms with Crippen LogP contribution in [0.5, 0.6) is 0 Å². The molecule has 0 N–H and O–H groups in total. The van der Waals surface area contributed by atoms with Gasteiger partial charge in [-0.1, -0.05) is 40.2 Å². The van der Waals surface area contributed by atoms with E-state index in [0.29, 0.717) is 11.3 Å². The van der Waals surface area contributed by atoms with Gasteiger partial charge in [-0.25, -0.2) is 4.79 Å². The molecule has 3 nitrogen and oxygen atoms in total. The number of ether oxygens (including phenoxy) is 1. The molecular formula is C15H13BrO3S. The molecule has 0 fully saturated rings. The molecule has 0 saturated carbocycles. The number of halogens is 1. The first-order chi connectivity index (χ1) is 9.61. The summed E-state index contributed by atoms with van der Waals surface area (Å²) in [4.78, 5) is 12.2. The van der Waals surface area contributed by atoms with Gasteiger partial charge in [0.15, 0.2) is 0 Å². The van der Waals surface area contributed by atoms with Crippen LogP contribution >= 0.6 is 15.9 Å². The highest BCUT2D eigenvalue weighted by atomic mass is 79.9. The molecular weight excluding hydrogens is 340 g/mol. The summed E-state index contributed by atoms with van der Waals surface area (Å²) in [5.74, 6) is 0.00733. The van der Waals surface area contributed by atoms with Gasteiger partial charge in [-0.2, -0.15) is 0 Å². The van der Waals surface area contributed by atoms with Crippen molar-refractivity contribution >= 4 is 32.7 Å². The van der Waals surface area contributed by atoms with E-state index in [2.05, 4.69) is 20.7 Å². The molecule has 0 aliphatic heterocycles. The normalized spacial score (nSPS) is 11.9. The number of hydrogen-bond acceptors (Lipinski definition) is 3. The molecule has 1 unspecified atom stereocenters. The first kappa shape index (κ1) is 14.9. The Kier molecular flexibility index (Phi) is 5.09. The molecule has 0 aromatic heterocycles. The fourth-order valence-electron chi connectivity index (χ4n) is 1.71. The smallest absolute Gasteiger partial charge is 0.337 e. The van der Waals surface area contributed by atoms with Gasteiger partial charge in [0.25, 0.3) is 0 Å². The lowest BCUT2D eigenvalue weighted by molar-refractivity contribution is 0.0600. The van der Waals surface area contributed by atoms with E-state index >= 15 is 0 Å². The van der Waals surface area contributed by atoms with E-state index in [1.807, 2.05) is 30.3 Å². The van der Waals surface area contributed by atoms with Crippen LogP contribution in [0, 0.1) is 0 Å². The third kappa shape index (κ3) is 3.55. The van der Waals surface area contributed by atoms with Gasteiger partial charge < -0.3 is 4.74 Å². The lowest BCUT2D eigenvalue weighted by atomic mass is 10.1. The molecule has 2 aromatic rings. The summed E-state index contributed by atoms with van der Waals surface area (Å²) in [6, 6.07) is 14.4. The van der Waals surface area contributed by atoms with Crippen molar-refractivity contribution in [2.24, 2.45) is 0 Å². The fraction of sp³-hybridized carbons (Fsp3) is 0.133. The Morgan fingerprint density at radius 1 is 1.20 bits per heavy atom. The quantitative estimate of drug-likeness (QED) is 0.790. The number of hydrogen-bond donors (Lipinski definition) is 0. The predicted molar refractivity (Wildman–Crippen MR) is 82.0 cm³/mol. The zero-order valence-electron chi connectivity index (χ0n) is 10.8. The molecule has 0 aliphatic carbocycles. The van der Waals surface area contributed by atoms with Crippen LogP contribution in [-0.4, -0.2) is 17.3 Å². The third-order valence-corrected chi connectivity index (χ3v) is 4.88. The monoisotopic (exact) mass is 352 g/mol. The van der Waals surface area contributed by atoms with E-state index in [0.717, 1.165) is 14.9 Å². The Hall–Kier alpha value is -1.46. The van der Waals surface area contributed by atoms with Crippen molar-refractivity contribution in [3.63, 3.8) is 0 Å². The van der Waals surface area contributed by atoms with E-state index < -0.39 is 10.8 Å². The van der Waals surface area contributed by atoms with Crippen molar-refractivity contribution in [1.82, 2.24) is 0 Å². The summed E-state index contributed by atoms with van der Waals surface area (Å²) in [5.41, 5.74) is 1.36. The highest BCUT2D eigenvalue weighted by molar-refractivity contribution is 9.10. The second-order valence-corrected chi connectivity index (χ2v) is 6.41. The van der Waals surface area contributed by atoms with E-state index in [9.17, 15) is 9.00 Å². The van der Waals surface area contributed by atoms with Gasteiger partial charge in [-0.15, -0.1) is 0 Å². The van der Waals surface area contributed by atoms with Gasteiger partial charge >= 0.3 is 5.97 Å². The van der Waals surface area contributed by atoms with Crippen LogP contribution in [0.4, 0.5) is 0 Å². The van der Waals surface area contributed by atoms with Crippen molar-refractivity contribution in [1.29, 1.82) is 0 Å². The van der Waals surface area contributed by atoms with Crippen molar-refractivity contribution < 1.29 is 13.7 Å². The molecule has 1 atom stereocenters. The molecule has 2 rings (SSSR count). The van der Waals surface area contributed by atoms with Gasteiger partial charge in [-0.3, -0.25) is 4.21 Å². The molecule has 0 radical (unpaired) electrons. The maximum atomic E-state index is 12.2. The SMILES string of the molecule is COC(=O)c1ccc(CS(=O)c2ccccc2)c(Br)c1. The average molecular weight is 353 g/mol. The van der Waals surface area contributed by atoms with E-state index in [-0.39, 0.29) is 5.97 Å². The summed E-state index contributed by atoms with van der Waals surface area (Å²) in [6.45, 7) is 0. The number of carbonyl (C=O) groups excluding carboxylic acids is 1. The number of rotatable bonds is 4. The van der Waals surface area contributed by atoms with Crippen LogP contribution in [0.25, 0.3) is 0 Å². The average Bonchev–Trinajstić information content (AvgIpc) is 2.49. The number of esters is 1. The lowest BCUT2D eigenvalue weighted by Gasteiger charge is -2.07. The predicted octanol–water partition coefficient (Wildman–Crippen LogP) is 3.54. The Morgan fingerprint density at radius 3 is 2.50 bits per heavy atom. The largest absolute Gasteiger partial charge is 0.465 e. The van der Waals surface area contributed by atoms with Crippen LogP contribution in [-0.2, 0) is 21.3 Å². The van der Waals surface area contributed by atoms with Gasteiger partial charge in [0.1, 0.15) is 0 Å². The highest BCUT2D eigenvalue weighted by Crippen LogP contribution is 2.22. The second-order valence-electron chi connectivity index (χ2n) is 4.10. The number of methoxy groups -OCH3 is 1. The Bertz CT molecular complexity index is 641.